The lowest BCUT2D eigenvalue weighted by molar-refractivity contribution is 0.595. The molecule has 0 radical (unpaired) electrons. The molecule has 1 rings (SSSR count). The van der Waals surface area contributed by atoms with E-state index in [1.807, 2.05) is 6.92 Å². The number of halogens is 1. The lowest BCUT2D eigenvalue weighted by Crippen LogP contribution is -2.10. The first-order valence-electron chi connectivity index (χ1n) is 4.14. The molecule has 1 heterocycles. The van der Waals surface area contributed by atoms with E-state index in [-0.39, 0.29) is 5.38 Å². The fraction of sp³-hybridized carbons (Fsp3) is 0.667. The molecule has 0 fully saturated rings. The summed E-state index contributed by atoms with van der Waals surface area (Å²) < 4.78 is 0. The molecule has 3 heteroatoms. The number of alkyl halides is 1. The van der Waals surface area contributed by atoms with E-state index in [0.29, 0.717) is 5.92 Å². The number of nitrogens with zero attached hydrogens (tertiary/aromatic N) is 1. The van der Waals surface area contributed by atoms with Crippen LogP contribution in [-0.2, 0) is 6.42 Å². The normalized spacial score (nSPS) is 13.8. The summed E-state index contributed by atoms with van der Waals surface area (Å²) in [5.74, 6) is 0.524. The van der Waals surface area contributed by atoms with Crippen LogP contribution >= 0.6 is 22.9 Å². The van der Waals surface area contributed by atoms with Gasteiger partial charge in [-0.1, -0.05) is 13.8 Å². The van der Waals surface area contributed by atoms with Gasteiger partial charge in [-0.15, -0.1) is 22.9 Å². The summed E-state index contributed by atoms with van der Waals surface area (Å²) in [6.07, 6.45) is 0.901. The molecule has 12 heavy (non-hydrogen) atoms. The summed E-state index contributed by atoms with van der Waals surface area (Å²) in [6, 6.07) is 0. The van der Waals surface area contributed by atoms with E-state index < -0.39 is 0 Å². The van der Waals surface area contributed by atoms with Crippen LogP contribution in [0.4, 0.5) is 0 Å². The maximum Gasteiger partial charge on any atom is 0.0942 e. The molecule has 0 aliphatic rings. The number of thiazole rings is 1. The van der Waals surface area contributed by atoms with Crippen LogP contribution in [0.2, 0.25) is 0 Å². The highest BCUT2D eigenvalue weighted by Crippen LogP contribution is 2.18. The van der Waals surface area contributed by atoms with Gasteiger partial charge in [-0.25, -0.2) is 4.98 Å². The molecule has 0 bridgehead atoms. The van der Waals surface area contributed by atoms with E-state index in [4.69, 9.17) is 11.6 Å². The molecule has 0 saturated carbocycles. The van der Waals surface area contributed by atoms with Gasteiger partial charge in [0.2, 0.25) is 0 Å². The minimum Gasteiger partial charge on any atom is -0.247 e. The van der Waals surface area contributed by atoms with E-state index in [1.54, 1.807) is 11.3 Å². The third kappa shape index (κ3) is 2.76. The van der Waals surface area contributed by atoms with Gasteiger partial charge < -0.3 is 0 Å². The van der Waals surface area contributed by atoms with Gasteiger partial charge in [0.1, 0.15) is 0 Å². The fourth-order valence-electron chi connectivity index (χ4n) is 0.899. The average Bonchev–Trinajstić information content (AvgIpc) is 2.35. The smallest absolute Gasteiger partial charge is 0.0942 e. The highest BCUT2D eigenvalue weighted by molar-refractivity contribution is 7.09. The predicted molar refractivity (Wildman–Crippen MR) is 55.0 cm³/mol. The van der Waals surface area contributed by atoms with Crippen LogP contribution in [0.25, 0.3) is 0 Å². The van der Waals surface area contributed by atoms with Gasteiger partial charge in [0, 0.05) is 22.9 Å². The Morgan fingerprint density at radius 3 is 2.67 bits per heavy atom. The van der Waals surface area contributed by atoms with Crippen LogP contribution in [-0.4, -0.2) is 10.4 Å². The van der Waals surface area contributed by atoms with Crippen LogP contribution in [0.3, 0.4) is 0 Å². The summed E-state index contributed by atoms with van der Waals surface area (Å²) >= 11 is 7.83. The Labute approximate surface area is 82.8 Å². The second kappa shape index (κ2) is 4.24. The molecule has 0 amide bonds. The van der Waals surface area contributed by atoms with Crippen molar-refractivity contribution in [2.24, 2.45) is 5.92 Å². The Morgan fingerprint density at radius 1 is 1.58 bits per heavy atom. The molecule has 0 saturated heterocycles. The molecule has 1 atom stereocenters. The lowest BCUT2D eigenvalue weighted by atomic mass is 10.1. The zero-order valence-corrected chi connectivity index (χ0v) is 9.25. The first kappa shape index (κ1) is 10.0. The van der Waals surface area contributed by atoms with Crippen molar-refractivity contribution >= 4 is 22.9 Å². The minimum absolute atomic E-state index is 0.218. The van der Waals surface area contributed by atoms with Crippen LogP contribution < -0.4 is 0 Å². The third-order valence-corrected chi connectivity index (χ3v) is 3.41. The Hall–Kier alpha value is -0.0800. The fourth-order valence-corrected chi connectivity index (χ4v) is 1.97. The largest absolute Gasteiger partial charge is 0.247 e. The molecule has 1 unspecified atom stereocenters. The van der Waals surface area contributed by atoms with Crippen molar-refractivity contribution < 1.29 is 0 Å². The first-order chi connectivity index (χ1) is 5.59. The highest BCUT2D eigenvalue weighted by Gasteiger charge is 2.11. The maximum absolute atomic E-state index is 6.13. The van der Waals surface area contributed by atoms with Gasteiger partial charge in [-0.05, 0) is 12.8 Å². The molecule has 1 nitrogen and oxygen atoms in total. The van der Waals surface area contributed by atoms with Crippen molar-refractivity contribution in [1.29, 1.82) is 0 Å². The molecular weight excluding hydrogens is 190 g/mol. The van der Waals surface area contributed by atoms with Gasteiger partial charge in [-0.2, -0.15) is 0 Å². The topological polar surface area (TPSA) is 12.9 Å². The second-order valence-electron chi connectivity index (χ2n) is 3.35. The molecule has 1 aromatic rings. The summed E-state index contributed by atoms with van der Waals surface area (Å²) in [5.41, 5.74) is 1.10. The Bertz CT molecular complexity index is 244. The Morgan fingerprint density at radius 2 is 2.25 bits per heavy atom. The van der Waals surface area contributed by atoms with Crippen LogP contribution in [0.5, 0.6) is 0 Å². The van der Waals surface area contributed by atoms with Crippen molar-refractivity contribution in [3.8, 4) is 0 Å². The van der Waals surface area contributed by atoms with Gasteiger partial charge in [0.25, 0.3) is 0 Å². The van der Waals surface area contributed by atoms with Crippen molar-refractivity contribution in [3.05, 3.63) is 16.1 Å². The molecular formula is C9H14ClNS. The lowest BCUT2D eigenvalue weighted by Gasteiger charge is -2.10. The number of rotatable bonds is 3. The highest BCUT2D eigenvalue weighted by atomic mass is 35.5. The summed E-state index contributed by atoms with van der Waals surface area (Å²) in [6.45, 7) is 6.29. The van der Waals surface area contributed by atoms with Gasteiger partial charge >= 0.3 is 0 Å². The maximum atomic E-state index is 6.13. The summed E-state index contributed by atoms with van der Waals surface area (Å²) in [4.78, 5) is 4.37. The van der Waals surface area contributed by atoms with E-state index in [0.717, 1.165) is 17.1 Å². The van der Waals surface area contributed by atoms with E-state index in [2.05, 4.69) is 24.2 Å². The van der Waals surface area contributed by atoms with Crippen molar-refractivity contribution in [2.45, 2.75) is 32.6 Å². The van der Waals surface area contributed by atoms with E-state index in [9.17, 15) is 0 Å². The van der Waals surface area contributed by atoms with Crippen molar-refractivity contribution in [3.63, 3.8) is 0 Å². The number of hydrogen-bond donors (Lipinski definition) is 0. The van der Waals surface area contributed by atoms with Crippen LogP contribution in [0, 0.1) is 12.8 Å². The molecule has 68 valence electrons. The SMILES string of the molecule is Cc1csc(CC(Cl)C(C)C)n1. The zero-order valence-electron chi connectivity index (χ0n) is 7.67. The van der Waals surface area contributed by atoms with Crippen LogP contribution in [0.15, 0.2) is 5.38 Å². The molecule has 0 N–H and O–H groups in total. The molecule has 0 aliphatic heterocycles. The van der Waals surface area contributed by atoms with E-state index >= 15 is 0 Å². The first-order valence-corrected chi connectivity index (χ1v) is 5.46. The number of hydrogen-bond acceptors (Lipinski definition) is 2. The van der Waals surface area contributed by atoms with Crippen LogP contribution in [0.1, 0.15) is 24.5 Å². The van der Waals surface area contributed by atoms with Crippen molar-refractivity contribution in [2.75, 3.05) is 0 Å². The third-order valence-electron chi connectivity index (χ3n) is 1.76. The molecule has 0 aromatic carbocycles. The summed E-state index contributed by atoms with van der Waals surface area (Å²) in [5, 5.41) is 3.44. The average molecular weight is 204 g/mol. The second-order valence-corrected chi connectivity index (χ2v) is 4.85. The zero-order chi connectivity index (χ0) is 9.14. The summed E-state index contributed by atoms with van der Waals surface area (Å²) in [7, 11) is 0. The van der Waals surface area contributed by atoms with Crippen molar-refractivity contribution in [1.82, 2.24) is 4.98 Å². The van der Waals surface area contributed by atoms with Gasteiger partial charge in [0.15, 0.2) is 0 Å². The monoisotopic (exact) mass is 203 g/mol. The van der Waals surface area contributed by atoms with Gasteiger partial charge in [-0.3, -0.25) is 0 Å². The standard InChI is InChI=1S/C9H14ClNS/c1-6(2)8(10)4-9-11-7(3)5-12-9/h5-6,8H,4H2,1-3H3. The Balaban J connectivity index is 2.52. The molecule has 1 aromatic heterocycles. The predicted octanol–water partition coefficient (Wildman–Crippen LogP) is 3.26. The van der Waals surface area contributed by atoms with E-state index in [1.165, 1.54) is 0 Å². The molecule has 0 spiro atoms. The van der Waals surface area contributed by atoms with Gasteiger partial charge in [0.05, 0.1) is 5.01 Å². The number of aromatic nitrogens is 1. The number of aryl methyl sites for hydroxylation is 1. The molecule has 0 aliphatic carbocycles. The minimum atomic E-state index is 0.218. The quantitative estimate of drug-likeness (QED) is 0.688. The Kier molecular flexibility index (Phi) is 3.53.